The molecule has 5 atom stereocenters. The number of fused-ring (bicyclic) bond motifs is 1. The molecule has 0 aliphatic carbocycles. The van der Waals surface area contributed by atoms with Crippen molar-refractivity contribution in [2.24, 2.45) is 5.92 Å². The third-order valence-corrected chi connectivity index (χ3v) is 10.3. The summed E-state index contributed by atoms with van der Waals surface area (Å²) < 4.78 is 5.25. The summed E-state index contributed by atoms with van der Waals surface area (Å²) in [5.41, 5.74) is 3.40. The Morgan fingerprint density at radius 2 is 1.57 bits per heavy atom. The highest BCUT2D eigenvalue weighted by Crippen LogP contribution is 2.35. The Labute approximate surface area is 291 Å². The third-order valence-electron chi connectivity index (χ3n) is 10.3. The number of nitrogens with zero attached hydrogens (tertiary/aromatic N) is 2. The first-order chi connectivity index (χ1) is 23.9. The van der Waals surface area contributed by atoms with E-state index in [1.54, 1.807) is 14.2 Å². The van der Waals surface area contributed by atoms with Crippen molar-refractivity contribution in [2.45, 2.75) is 82.6 Å². The number of rotatable bonds is 16. The highest BCUT2D eigenvalue weighted by molar-refractivity contribution is 5.94. The van der Waals surface area contributed by atoms with E-state index in [0.717, 1.165) is 62.2 Å². The fourth-order valence-corrected chi connectivity index (χ4v) is 7.39. The zero-order valence-electron chi connectivity index (χ0n) is 29.3. The average Bonchev–Trinajstić information content (AvgIpc) is 3.52. The minimum Gasteiger partial charge on any atom is -0.497 e. The van der Waals surface area contributed by atoms with Crippen LogP contribution in [0.1, 0.15) is 55.7 Å². The van der Waals surface area contributed by atoms with Crippen molar-refractivity contribution < 1.29 is 19.1 Å². The van der Waals surface area contributed by atoms with Gasteiger partial charge in [-0.05, 0) is 99.8 Å². The van der Waals surface area contributed by atoms with E-state index in [0.29, 0.717) is 25.8 Å². The second-order valence-electron chi connectivity index (χ2n) is 13.4. The Morgan fingerprint density at radius 3 is 2.22 bits per heavy atom. The largest absolute Gasteiger partial charge is 0.497 e. The Balaban J connectivity index is 1.30. The van der Waals surface area contributed by atoms with Crippen molar-refractivity contribution in [3.63, 3.8) is 0 Å². The zero-order chi connectivity index (χ0) is 34.6. The Bertz CT molecular complexity index is 1490. The first-order valence-corrected chi connectivity index (χ1v) is 17.9. The number of carbonyl (C=O) groups excluding carboxylic acids is 3. The predicted octanol–water partition coefficient (Wildman–Crippen LogP) is 4.35. The molecular formula is C40H53N5O4. The van der Waals surface area contributed by atoms with E-state index in [2.05, 4.69) is 52.0 Å². The molecule has 0 saturated carbocycles. The second-order valence-corrected chi connectivity index (χ2v) is 13.4. The van der Waals surface area contributed by atoms with Crippen molar-refractivity contribution in [2.75, 3.05) is 33.8 Å². The van der Waals surface area contributed by atoms with E-state index in [1.807, 2.05) is 65.6 Å². The Hall–Kier alpha value is -4.21. The third kappa shape index (κ3) is 9.70. The van der Waals surface area contributed by atoms with Crippen LogP contribution in [0.15, 0.2) is 84.9 Å². The molecular weight excluding hydrogens is 614 g/mol. The molecule has 0 unspecified atom stereocenters. The van der Waals surface area contributed by atoms with Gasteiger partial charge in [-0.15, -0.1) is 0 Å². The van der Waals surface area contributed by atoms with Crippen LogP contribution in [0.25, 0.3) is 0 Å². The molecule has 0 aromatic heterocycles. The first kappa shape index (κ1) is 36.1. The number of nitrogens with one attached hydrogen (secondary N) is 3. The number of hydrogen-bond donors (Lipinski definition) is 3. The minimum absolute atomic E-state index is 0.00902. The van der Waals surface area contributed by atoms with Gasteiger partial charge in [-0.1, -0.05) is 79.7 Å². The monoisotopic (exact) mass is 667 g/mol. The van der Waals surface area contributed by atoms with Gasteiger partial charge in [-0.3, -0.25) is 19.3 Å². The summed E-state index contributed by atoms with van der Waals surface area (Å²) in [6.07, 6.45) is 5.03. The van der Waals surface area contributed by atoms with Crippen LogP contribution in [-0.2, 0) is 33.8 Å². The maximum absolute atomic E-state index is 14.6. The molecule has 9 nitrogen and oxygen atoms in total. The van der Waals surface area contributed by atoms with Gasteiger partial charge >= 0.3 is 0 Å². The number of amides is 3. The van der Waals surface area contributed by atoms with Crippen LogP contribution >= 0.6 is 0 Å². The van der Waals surface area contributed by atoms with Crippen molar-refractivity contribution in [3.05, 3.63) is 102 Å². The topological polar surface area (TPSA) is 103 Å². The predicted molar refractivity (Wildman–Crippen MR) is 193 cm³/mol. The van der Waals surface area contributed by atoms with Crippen molar-refractivity contribution in [1.29, 1.82) is 0 Å². The maximum Gasteiger partial charge on any atom is 0.246 e. The highest BCUT2D eigenvalue weighted by Gasteiger charge is 2.47. The van der Waals surface area contributed by atoms with E-state index in [-0.39, 0.29) is 29.7 Å². The van der Waals surface area contributed by atoms with Crippen LogP contribution < -0.4 is 20.7 Å². The quantitative estimate of drug-likeness (QED) is 0.210. The van der Waals surface area contributed by atoms with Crippen LogP contribution in [0.4, 0.5) is 0 Å². The van der Waals surface area contributed by atoms with Gasteiger partial charge in [-0.2, -0.15) is 0 Å². The molecule has 2 fully saturated rings. The van der Waals surface area contributed by atoms with E-state index < -0.39 is 18.1 Å². The summed E-state index contributed by atoms with van der Waals surface area (Å²) in [7, 11) is 3.42. The van der Waals surface area contributed by atoms with Crippen molar-refractivity contribution >= 4 is 17.7 Å². The van der Waals surface area contributed by atoms with Gasteiger partial charge in [0.1, 0.15) is 17.8 Å². The SMILES string of the molecule is CCN(CC[C@H]1CC[C@H]2CC[C@@H](C(=O)NCCc3ccc(OC)cc3)N2C(=O)[C@H]1NC(=O)[C@@H](Cc1ccccc1)NC)Cc1ccccc1. The molecule has 2 aliphatic heterocycles. The van der Waals surface area contributed by atoms with Crippen LogP contribution in [-0.4, -0.2) is 85.5 Å². The molecule has 0 radical (unpaired) electrons. The normalized spacial score (nSPS) is 21.1. The molecule has 5 rings (SSSR count). The lowest BCUT2D eigenvalue weighted by Gasteiger charge is -2.33. The molecule has 2 aliphatic rings. The summed E-state index contributed by atoms with van der Waals surface area (Å²) in [5.74, 6) is 0.313. The van der Waals surface area contributed by atoms with Gasteiger partial charge in [0.05, 0.1) is 13.2 Å². The highest BCUT2D eigenvalue weighted by atomic mass is 16.5. The standard InChI is InChI=1S/C40H53N5O4/c1-4-44(28-31-13-9-6-10-14-31)26-24-32-17-18-33-19-22-36(39(47)42-25-23-29-15-20-34(49-3)21-16-29)45(33)40(48)37(32)43-38(46)35(41-2)27-30-11-7-5-8-12-30/h5-16,20-21,32-33,35-37,41H,4,17-19,22-28H2,1-3H3,(H,42,47)(H,43,46)/t32-,33+,35-,36+,37+/m1/s1. The summed E-state index contributed by atoms with van der Waals surface area (Å²) >= 11 is 0. The second kappa shape index (κ2) is 18.0. The molecule has 2 saturated heterocycles. The maximum atomic E-state index is 14.6. The smallest absolute Gasteiger partial charge is 0.246 e. The van der Waals surface area contributed by atoms with Gasteiger partial charge in [0.25, 0.3) is 0 Å². The van der Waals surface area contributed by atoms with Crippen molar-refractivity contribution in [3.8, 4) is 5.75 Å². The zero-order valence-corrected chi connectivity index (χ0v) is 29.3. The number of hydrogen-bond acceptors (Lipinski definition) is 6. The summed E-state index contributed by atoms with van der Waals surface area (Å²) in [6.45, 7) is 5.18. The number of ether oxygens (including phenoxy) is 1. The average molecular weight is 668 g/mol. The molecule has 0 spiro atoms. The first-order valence-electron chi connectivity index (χ1n) is 17.9. The van der Waals surface area contributed by atoms with Crippen molar-refractivity contribution in [1.82, 2.24) is 25.8 Å². The lowest BCUT2D eigenvalue weighted by atomic mass is 9.89. The van der Waals surface area contributed by atoms with E-state index in [9.17, 15) is 14.4 Å². The number of benzene rings is 3. The lowest BCUT2D eigenvalue weighted by molar-refractivity contribution is -0.143. The molecule has 0 bridgehead atoms. The number of methoxy groups -OCH3 is 1. The fourth-order valence-electron chi connectivity index (χ4n) is 7.39. The Kier molecular flexibility index (Phi) is 13.2. The van der Waals surface area contributed by atoms with Gasteiger partial charge in [-0.25, -0.2) is 0 Å². The van der Waals surface area contributed by atoms with Gasteiger partial charge in [0.2, 0.25) is 17.7 Å². The number of carbonyl (C=O) groups is 3. The van der Waals surface area contributed by atoms with E-state index >= 15 is 0 Å². The summed E-state index contributed by atoms with van der Waals surface area (Å²) in [5, 5.41) is 9.49. The fraction of sp³-hybridized carbons (Fsp3) is 0.475. The van der Waals surface area contributed by atoms with Crippen LogP contribution in [0.3, 0.4) is 0 Å². The minimum atomic E-state index is -0.702. The summed E-state index contributed by atoms with van der Waals surface area (Å²) in [4.78, 5) is 46.3. The Morgan fingerprint density at radius 1 is 0.898 bits per heavy atom. The molecule has 49 heavy (non-hydrogen) atoms. The molecule has 3 aromatic rings. The van der Waals surface area contributed by atoms with E-state index in [4.69, 9.17) is 4.74 Å². The molecule has 3 N–H and O–H groups in total. The number of likely N-dealkylation sites (N-methyl/N-ethyl adjacent to an activating group) is 1. The molecule has 9 heteroatoms. The summed E-state index contributed by atoms with van der Waals surface area (Å²) in [6, 6.07) is 26.4. The molecule has 262 valence electrons. The molecule has 3 aromatic carbocycles. The van der Waals surface area contributed by atoms with Gasteiger partial charge < -0.3 is 25.6 Å². The van der Waals surface area contributed by atoms with Crippen LogP contribution in [0.5, 0.6) is 5.75 Å². The lowest BCUT2D eigenvalue weighted by Crippen LogP contribution is -2.58. The van der Waals surface area contributed by atoms with Crippen LogP contribution in [0, 0.1) is 5.92 Å². The van der Waals surface area contributed by atoms with Crippen LogP contribution in [0.2, 0.25) is 0 Å². The molecule has 3 amide bonds. The molecule has 2 heterocycles. The van der Waals surface area contributed by atoms with Gasteiger partial charge in [0.15, 0.2) is 0 Å². The van der Waals surface area contributed by atoms with Gasteiger partial charge in [0, 0.05) is 19.1 Å². The van der Waals surface area contributed by atoms with E-state index in [1.165, 1.54) is 5.56 Å².